The first-order valence-electron chi connectivity index (χ1n) is 4.51. The fraction of sp³-hybridized carbons (Fsp3) is 0.500. The summed E-state index contributed by atoms with van der Waals surface area (Å²) in [4.78, 5) is 6.05. The van der Waals surface area contributed by atoms with Crippen molar-refractivity contribution >= 4 is 44.1 Å². The van der Waals surface area contributed by atoms with Gasteiger partial charge in [-0.25, -0.2) is 0 Å². The van der Waals surface area contributed by atoms with Crippen molar-refractivity contribution in [1.29, 1.82) is 0 Å². The maximum absolute atomic E-state index is 4.74. The van der Waals surface area contributed by atoms with Gasteiger partial charge in [0.1, 0.15) is 5.04 Å². The van der Waals surface area contributed by atoms with Gasteiger partial charge in [-0.15, -0.1) is 23.1 Å². The van der Waals surface area contributed by atoms with Gasteiger partial charge in [-0.1, -0.05) is 22.0 Å². The Hall–Kier alpha value is 0.200. The third kappa shape index (κ3) is 2.23. The first-order valence-corrected chi connectivity index (χ1v) is 7.16. The van der Waals surface area contributed by atoms with Crippen molar-refractivity contribution < 1.29 is 0 Å². The lowest BCUT2D eigenvalue weighted by Crippen LogP contribution is -2.28. The van der Waals surface area contributed by atoms with Crippen LogP contribution in [0.5, 0.6) is 0 Å². The summed E-state index contributed by atoms with van der Waals surface area (Å²) < 4.78 is 0.110. The number of thiophene rings is 1. The van der Waals surface area contributed by atoms with E-state index in [1.165, 1.54) is 9.92 Å². The zero-order valence-electron chi connectivity index (χ0n) is 8.16. The Morgan fingerprint density at radius 3 is 2.86 bits per heavy atom. The van der Waals surface area contributed by atoms with Crippen LogP contribution >= 0.6 is 39.0 Å². The minimum Gasteiger partial charge on any atom is -0.271 e. The van der Waals surface area contributed by atoms with Crippen LogP contribution in [0.1, 0.15) is 18.7 Å². The molecule has 0 spiro atoms. The Bertz CT molecular complexity index is 338. The molecule has 0 aliphatic carbocycles. The van der Waals surface area contributed by atoms with Crippen molar-refractivity contribution in [3.8, 4) is 0 Å². The topological polar surface area (TPSA) is 12.4 Å². The molecule has 1 aliphatic heterocycles. The van der Waals surface area contributed by atoms with E-state index in [-0.39, 0.29) is 4.32 Å². The van der Waals surface area contributed by atoms with Crippen molar-refractivity contribution in [3.63, 3.8) is 0 Å². The summed E-state index contributed by atoms with van der Waals surface area (Å²) >= 11 is 7.31. The third-order valence-electron chi connectivity index (χ3n) is 2.18. The summed E-state index contributed by atoms with van der Waals surface area (Å²) in [5.41, 5.74) is 0. The molecule has 0 amide bonds. The van der Waals surface area contributed by atoms with E-state index in [9.17, 15) is 0 Å². The summed E-state index contributed by atoms with van der Waals surface area (Å²) in [5, 5.41) is 3.31. The lowest BCUT2D eigenvalue weighted by molar-refractivity contribution is 0.606. The summed E-state index contributed by atoms with van der Waals surface area (Å²) in [6.07, 6.45) is 0. The number of rotatable bonds is 2. The molecule has 76 valence electrons. The van der Waals surface area contributed by atoms with Crippen LogP contribution in [0.3, 0.4) is 0 Å². The smallest absolute Gasteiger partial charge is 0.108 e. The molecule has 0 bridgehead atoms. The Morgan fingerprint density at radius 2 is 2.36 bits per heavy atom. The van der Waals surface area contributed by atoms with E-state index in [2.05, 4.69) is 47.3 Å². The molecule has 0 N–H and O–H groups in total. The van der Waals surface area contributed by atoms with Crippen LogP contribution in [0, 0.1) is 0 Å². The van der Waals surface area contributed by atoms with Gasteiger partial charge >= 0.3 is 0 Å². The first kappa shape index (κ1) is 10.7. The normalized spacial score (nSPS) is 22.5. The molecule has 1 aliphatic rings. The van der Waals surface area contributed by atoms with E-state index in [1.54, 1.807) is 11.3 Å². The average Bonchev–Trinajstić information content (AvgIpc) is 2.73. The predicted octanol–water partition coefficient (Wildman–Crippen LogP) is 3.78. The second-order valence-electron chi connectivity index (χ2n) is 3.80. The summed E-state index contributed by atoms with van der Waals surface area (Å²) in [7, 11) is 0. The number of nitrogens with zero attached hydrogens (tertiary/aromatic N) is 1. The minimum atomic E-state index is 0.110. The third-order valence-corrected chi connectivity index (χ3v) is 4.79. The zero-order valence-corrected chi connectivity index (χ0v) is 11.4. The minimum absolute atomic E-state index is 0.110. The molecule has 1 nitrogen and oxygen atoms in total. The first-order chi connectivity index (χ1) is 6.57. The molecule has 1 aromatic heterocycles. The number of hydrogen-bond donors (Lipinski definition) is 0. The number of thioether (sulfide) groups is 1. The van der Waals surface area contributed by atoms with Gasteiger partial charge in [0.15, 0.2) is 0 Å². The standard InChI is InChI=1S/C10H12BrNS2/c1-10(2,11)8-6-14-9(12-8)7-4-3-5-13-7/h3-5,8H,6H2,1-2H3/t8-/m0/s1. The largest absolute Gasteiger partial charge is 0.271 e. The van der Waals surface area contributed by atoms with E-state index in [0.29, 0.717) is 6.04 Å². The summed E-state index contributed by atoms with van der Waals surface area (Å²) in [6, 6.07) is 4.61. The average molecular weight is 290 g/mol. The second-order valence-corrected chi connectivity index (χ2v) is 7.80. The monoisotopic (exact) mass is 289 g/mol. The van der Waals surface area contributed by atoms with Crippen molar-refractivity contribution in [2.45, 2.75) is 24.2 Å². The number of alkyl halides is 1. The fourth-order valence-electron chi connectivity index (χ4n) is 1.26. The van der Waals surface area contributed by atoms with Crippen molar-refractivity contribution in [2.75, 3.05) is 5.75 Å². The maximum atomic E-state index is 4.74. The lowest BCUT2D eigenvalue weighted by atomic mass is 10.1. The van der Waals surface area contributed by atoms with Gasteiger partial charge in [0.25, 0.3) is 0 Å². The Morgan fingerprint density at radius 1 is 1.57 bits per heavy atom. The molecule has 0 saturated heterocycles. The quantitative estimate of drug-likeness (QED) is 0.755. The van der Waals surface area contributed by atoms with Crippen LogP contribution in [-0.2, 0) is 0 Å². The zero-order chi connectivity index (χ0) is 10.2. The van der Waals surface area contributed by atoms with E-state index in [4.69, 9.17) is 4.99 Å². The number of halogens is 1. The Balaban J connectivity index is 2.18. The van der Waals surface area contributed by atoms with E-state index in [1.807, 2.05) is 11.8 Å². The van der Waals surface area contributed by atoms with Crippen LogP contribution in [-0.4, -0.2) is 21.2 Å². The molecule has 0 radical (unpaired) electrons. The van der Waals surface area contributed by atoms with Gasteiger partial charge in [0, 0.05) is 10.1 Å². The number of aliphatic imine (C=N–C) groups is 1. The lowest BCUT2D eigenvalue weighted by Gasteiger charge is -2.20. The SMILES string of the molecule is CC(C)(Br)[C@@H]1CSC(c2cccs2)=N1. The molecule has 1 aromatic rings. The second kappa shape index (κ2) is 3.99. The molecular formula is C10H12BrNS2. The van der Waals surface area contributed by atoms with Gasteiger partial charge in [-0.3, -0.25) is 4.99 Å². The molecule has 0 aromatic carbocycles. The van der Waals surface area contributed by atoms with E-state index >= 15 is 0 Å². The van der Waals surface area contributed by atoms with Crippen LogP contribution < -0.4 is 0 Å². The molecule has 2 rings (SSSR count). The molecule has 2 heterocycles. The molecule has 1 atom stereocenters. The maximum Gasteiger partial charge on any atom is 0.108 e. The molecule has 14 heavy (non-hydrogen) atoms. The highest BCUT2D eigenvalue weighted by atomic mass is 79.9. The van der Waals surface area contributed by atoms with Crippen molar-refractivity contribution in [2.24, 2.45) is 4.99 Å². The van der Waals surface area contributed by atoms with Gasteiger partial charge in [-0.2, -0.15) is 0 Å². The van der Waals surface area contributed by atoms with Crippen LogP contribution in [0.4, 0.5) is 0 Å². The molecule has 0 saturated carbocycles. The summed E-state index contributed by atoms with van der Waals surface area (Å²) in [5.74, 6) is 1.09. The van der Waals surface area contributed by atoms with Crippen molar-refractivity contribution in [1.82, 2.24) is 0 Å². The van der Waals surface area contributed by atoms with Gasteiger partial charge in [0.2, 0.25) is 0 Å². The highest BCUT2D eigenvalue weighted by molar-refractivity contribution is 9.10. The van der Waals surface area contributed by atoms with Gasteiger partial charge in [-0.05, 0) is 25.3 Å². The fourth-order valence-corrected chi connectivity index (χ4v) is 3.89. The Kier molecular flexibility index (Phi) is 3.05. The van der Waals surface area contributed by atoms with Crippen LogP contribution in [0.15, 0.2) is 22.5 Å². The van der Waals surface area contributed by atoms with E-state index in [0.717, 1.165) is 5.75 Å². The predicted molar refractivity (Wildman–Crippen MR) is 70.1 cm³/mol. The Labute approximate surface area is 101 Å². The number of hydrogen-bond acceptors (Lipinski definition) is 3. The molecule has 4 heteroatoms. The summed E-state index contributed by atoms with van der Waals surface area (Å²) in [6.45, 7) is 4.36. The van der Waals surface area contributed by atoms with Crippen molar-refractivity contribution in [3.05, 3.63) is 22.4 Å². The van der Waals surface area contributed by atoms with Crippen LogP contribution in [0.2, 0.25) is 0 Å². The highest BCUT2D eigenvalue weighted by Gasteiger charge is 2.31. The van der Waals surface area contributed by atoms with Crippen LogP contribution in [0.25, 0.3) is 0 Å². The molecule has 0 unspecified atom stereocenters. The molecular weight excluding hydrogens is 278 g/mol. The van der Waals surface area contributed by atoms with Gasteiger partial charge in [0.05, 0.1) is 10.9 Å². The van der Waals surface area contributed by atoms with Gasteiger partial charge < -0.3 is 0 Å². The molecule has 0 fully saturated rings. The highest BCUT2D eigenvalue weighted by Crippen LogP contribution is 2.34. The van der Waals surface area contributed by atoms with E-state index < -0.39 is 0 Å².